The van der Waals surface area contributed by atoms with Crippen molar-refractivity contribution in [2.75, 3.05) is 4.90 Å². The van der Waals surface area contributed by atoms with Gasteiger partial charge in [0.15, 0.2) is 10.3 Å². The molecule has 2 rings (SSSR count). The molecule has 1 atom stereocenters. The summed E-state index contributed by atoms with van der Waals surface area (Å²) in [6, 6.07) is 0. The zero-order chi connectivity index (χ0) is 9.42. The van der Waals surface area contributed by atoms with Crippen LogP contribution in [0.1, 0.15) is 6.92 Å². The van der Waals surface area contributed by atoms with Gasteiger partial charge in [0.1, 0.15) is 0 Å². The fraction of sp³-hybridized carbons (Fsp3) is 0.286. The van der Waals surface area contributed by atoms with E-state index >= 15 is 0 Å². The fourth-order valence-corrected chi connectivity index (χ4v) is 2.59. The van der Waals surface area contributed by atoms with Crippen molar-refractivity contribution in [3.8, 4) is 0 Å². The average molecular weight is 213 g/mol. The highest BCUT2D eigenvalue weighted by molar-refractivity contribution is 8.16. The number of amidine groups is 1. The maximum atomic E-state index is 11.5. The van der Waals surface area contributed by atoms with Gasteiger partial charge in [-0.15, -0.1) is 11.3 Å². The van der Waals surface area contributed by atoms with Crippen LogP contribution in [0, 0.1) is 5.41 Å². The van der Waals surface area contributed by atoms with Gasteiger partial charge in [0.25, 0.3) is 0 Å². The molecule has 1 fully saturated rings. The molecule has 0 aromatic carbocycles. The molecule has 0 spiro atoms. The van der Waals surface area contributed by atoms with Gasteiger partial charge in [-0.2, -0.15) is 0 Å². The van der Waals surface area contributed by atoms with Gasteiger partial charge in [0.2, 0.25) is 5.91 Å². The number of anilines is 1. The smallest absolute Gasteiger partial charge is 0.248 e. The summed E-state index contributed by atoms with van der Waals surface area (Å²) in [7, 11) is 0. The van der Waals surface area contributed by atoms with E-state index in [9.17, 15) is 4.79 Å². The first-order valence-corrected chi connectivity index (χ1v) is 5.45. The van der Waals surface area contributed by atoms with Gasteiger partial charge in [-0.05, 0) is 6.92 Å². The monoisotopic (exact) mass is 213 g/mol. The van der Waals surface area contributed by atoms with E-state index in [0.29, 0.717) is 5.13 Å². The molecule has 13 heavy (non-hydrogen) atoms. The molecule has 0 bridgehead atoms. The van der Waals surface area contributed by atoms with Crippen LogP contribution in [0.25, 0.3) is 0 Å². The quantitative estimate of drug-likeness (QED) is 0.770. The number of hydrogen-bond donors (Lipinski definition) is 1. The Morgan fingerprint density at radius 1 is 1.69 bits per heavy atom. The second-order valence-corrected chi connectivity index (χ2v) is 4.76. The Morgan fingerprint density at radius 2 is 2.46 bits per heavy atom. The molecule has 1 saturated heterocycles. The van der Waals surface area contributed by atoms with E-state index in [1.807, 2.05) is 0 Å². The van der Waals surface area contributed by atoms with Crippen LogP contribution in [0.15, 0.2) is 11.6 Å². The number of aromatic nitrogens is 1. The van der Waals surface area contributed by atoms with E-state index in [1.54, 1.807) is 18.5 Å². The second kappa shape index (κ2) is 3.12. The summed E-state index contributed by atoms with van der Waals surface area (Å²) in [5.41, 5.74) is 0. The topological polar surface area (TPSA) is 57.1 Å². The van der Waals surface area contributed by atoms with Crippen molar-refractivity contribution in [3.05, 3.63) is 11.6 Å². The first-order chi connectivity index (χ1) is 6.20. The van der Waals surface area contributed by atoms with E-state index in [4.69, 9.17) is 5.41 Å². The third-order valence-corrected chi connectivity index (χ3v) is 3.39. The number of carbonyl (C=O) groups is 1. The summed E-state index contributed by atoms with van der Waals surface area (Å²) < 4.78 is 0. The minimum atomic E-state index is -0.156. The van der Waals surface area contributed by atoms with Crippen LogP contribution in [0.5, 0.6) is 0 Å². The van der Waals surface area contributed by atoms with Gasteiger partial charge < -0.3 is 0 Å². The zero-order valence-corrected chi connectivity index (χ0v) is 8.48. The highest BCUT2D eigenvalue weighted by atomic mass is 32.2. The summed E-state index contributed by atoms with van der Waals surface area (Å²) >= 11 is 2.63. The third kappa shape index (κ3) is 1.36. The van der Waals surface area contributed by atoms with E-state index in [-0.39, 0.29) is 16.3 Å². The van der Waals surface area contributed by atoms with Crippen LogP contribution in [0.3, 0.4) is 0 Å². The first kappa shape index (κ1) is 8.71. The molecule has 0 aliphatic carbocycles. The van der Waals surface area contributed by atoms with E-state index in [0.717, 1.165) is 0 Å². The Kier molecular flexibility index (Phi) is 2.09. The van der Waals surface area contributed by atoms with Crippen LogP contribution in [-0.2, 0) is 4.79 Å². The van der Waals surface area contributed by atoms with Crippen molar-refractivity contribution in [3.63, 3.8) is 0 Å². The molecule has 1 aliphatic heterocycles. The number of thioether (sulfide) groups is 1. The Balaban J connectivity index is 2.34. The normalized spacial score (nSPS) is 22.8. The lowest BCUT2D eigenvalue weighted by molar-refractivity contribution is -0.116. The lowest BCUT2D eigenvalue weighted by atomic mass is 10.4. The van der Waals surface area contributed by atoms with Crippen LogP contribution in [0.2, 0.25) is 0 Å². The van der Waals surface area contributed by atoms with Crippen LogP contribution < -0.4 is 4.90 Å². The number of rotatable bonds is 1. The Labute approximate surface area is 83.5 Å². The zero-order valence-electron chi connectivity index (χ0n) is 6.85. The molecule has 6 heteroatoms. The van der Waals surface area contributed by atoms with Crippen molar-refractivity contribution < 1.29 is 4.79 Å². The molecule has 1 amide bonds. The second-order valence-electron chi connectivity index (χ2n) is 2.55. The number of hydrogen-bond acceptors (Lipinski definition) is 5. The van der Waals surface area contributed by atoms with Gasteiger partial charge in [0.05, 0.1) is 5.25 Å². The Bertz CT molecular complexity index is 349. The van der Waals surface area contributed by atoms with Crippen molar-refractivity contribution in [2.45, 2.75) is 12.2 Å². The molecule has 1 aliphatic rings. The predicted molar refractivity (Wildman–Crippen MR) is 54.4 cm³/mol. The fourth-order valence-electron chi connectivity index (χ4n) is 1.06. The number of nitrogens with one attached hydrogen (secondary N) is 1. The number of nitrogens with zero attached hydrogens (tertiary/aromatic N) is 2. The molecule has 0 radical (unpaired) electrons. The van der Waals surface area contributed by atoms with Crippen molar-refractivity contribution in [1.82, 2.24) is 4.98 Å². The van der Waals surface area contributed by atoms with E-state index in [1.165, 1.54) is 28.0 Å². The lowest BCUT2D eigenvalue weighted by Crippen LogP contribution is -2.30. The minimum Gasteiger partial charge on any atom is -0.278 e. The summed E-state index contributed by atoms with van der Waals surface area (Å²) in [5, 5.41) is 10.1. The molecular weight excluding hydrogens is 206 g/mol. The van der Waals surface area contributed by atoms with Crippen LogP contribution in [-0.4, -0.2) is 21.3 Å². The molecular formula is C7H7N3OS2. The minimum absolute atomic E-state index is 0.0510. The Morgan fingerprint density at radius 3 is 2.92 bits per heavy atom. The molecule has 1 aromatic heterocycles. The molecule has 1 aromatic rings. The first-order valence-electron chi connectivity index (χ1n) is 3.69. The van der Waals surface area contributed by atoms with Gasteiger partial charge in [-0.1, -0.05) is 11.8 Å². The summed E-state index contributed by atoms with van der Waals surface area (Å²) in [4.78, 5) is 16.9. The highest BCUT2D eigenvalue weighted by Gasteiger charge is 2.36. The maximum absolute atomic E-state index is 11.5. The van der Waals surface area contributed by atoms with Crippen molar-refractivity contribution >= 4 is 39.3 Å². The molecule has 2 heterocycles. The average Bonchev–Trinajstić information content (AvgIpc) is 2.63. The predicted octanol–water partition coefficient (Wildman–Crippen LogP) is 1.55. The maximum Gasteiger partial charge on any atom is 0.248 e. The lowest BCUT2D eigenvalue weighted by Gasteiger charge is -2.09. The molecule has 68 valence electrons. The number of carbonyl (C=O) groups excluding carboxylic acids is 1. The standard InChI is InChI=1S/C7H7N3OS2/c1-4-5(11)10(6(8)13-4)7-9-2-3-12-7/h2-4,8H,1H3. The van der Waals surface area contributed by atoms with Crippen molar-refractivity contribution in [2.24, 2.45) is 0 Å². The number of thiazole rings is 1. The van der Waals surface area contributed by atoms with Gasteiger partial charge >= 0.3 is 0 Å². The summed E-state index contributed by atoms with van der Waals surface area (Å²) in [6.07, 6.45) is 1.63. The van der Waals surface area contributed by atoms with Crippen molar-refractivity contribution in [1.29, 1.82) is 5.41 Å². The van der Waals surface area contributed by atoms with Gasteiger partial charge in [0, 0.05) is 11.6 Å². The molecule has 1 N–H and O–H groups in total. The van der Waals surface area contributed by atoms with Gasteiger partial charge in [-0.25, -0.2) is 9.88 Å². The largest absolute Gasteiger partial charge is 0.278 e. The molecule has 1 unspecified atom stereocenters. The Hall–Kier alpha value is -0.880. The SMILES string of the molecule is CC1SC(=N)N(c2nccs2)C1=O. The highest BCUT2D eigenvalue weighted by Crippen LogP contribution is 2.31. The van der Waals surface area contributed by atoms with E-state index < -0.39 is 0 Å². The van der Waals surface area contributed by atoms with Crippen LogP contribution in [0.4, 0.5) is 5.13 Å². The number of amides is 1. The summed E-state index contributed by atoms with van der Waals surface area (Å²) in [5.74, 6) is -0.0510. The summed E-state index contributed by atoms with van der Waals surface area (Å²) in [6.45, 7) is 1.80. The molecule has 0 saturated carbocycles. The van der Waals surface area contributed by atoms with E-state index in [2.05, 4.69) is 4.98 Å². The third-order valence-electron chi connectivity index (χ3n) is 1.67. The van der Waals surface area contributed by atoms with Crippen LogP contribution >= 0.6 is 23.1 Å². The molecule has 4 nitrogen and oxygen atoms in total. The van der Waals surface area contributed by atoms with Gasteiger partial charge in [-0.3, -0.25) is 10.2 Å².